The van der Waals surface area contributed by atoms with Gasteiger partial charge in [0, 0.05) is 26.2 Å². The number of hydrogen-bond donors (Lipinski definition) is 1. The molecule has 0 aliphatic heterocycles. The Morgan fingerprint density at radius 1 is 0.933 bits per heavy atom. The van der Waals surface area contributed by atoms with Gasteiger partial charge in [0.05, 0.1) is 0 Å². The standard InChI is InChI=1S/C12H29N3/c1-5-6-7-9-15(10-8-13-2)12-11-14(3)4/h13H,5-12H2,1-4H3. The second-order valence-electron chi connectivity index (χ2n) is 4.46. The molecule has 0 aromatic rings. The van der Waals surface area contributed by atoms with Gasteiger partial charge in [0.15, 0.2) is 0 Å². The summed E-state index contributed by atoms with van der Waals surface area (Å²) in [5, 5.41) is 3.22. The van der Waals surface area contributed by atoms with E-state index in [1.54, 1.807) is 0 Å². The van der Waals surface area contributed by atoms with Crippen molar-refractivity contribution in [2.24, 2.45) is 0 Å². The Kier molecular flexibility index (Phi) is 10.3. The van der Waals surface area contributed by atoms with Crippen LogP contribution >= 0.6 is 0 Å². The van der Waals surface area contributed by atoms with Crippen LogP contribution < -0.4 is 5.32 Å². The van der Waals surface area contributed by atoms with E-state index >= 15 is 0 Å². The van der Waals surface area contributed by atoms with Crippen molar-refractivity contribution in [2.75, 3.05) is 53.9 Å². The smallest absolute Gasteiger partial charge is 0.0110 e. The Morgan fingerprint density at radius 3 is 2.20 bits per heavy atom. The highest BCUT2D eigenvalue weighted by Crippen LogP contribution is 1.98. The zero-order valence-electron chi connectivity index (χ0n) is 11.1. The number of unbranched alkanes of at least 4 members (excludes halogenated alkanes) is 2. The van der Waals surface area contributed by atoms with Crippen LogP contribution in [0.5, 0.6) is 0 Å². The molecule has 0 heterocycles. The average Bonchev–Trinajstić information content (AvgIpc) is 2.21. The molecule has 0 saturated carbocycles. The van der Waals surface area contributed by atoms with E-state index in [1.807, 2.05) is 7.05 Å². The first kappa shape index (κ1) is 14.9. The highest BCUT2D eigenvalue weighted by Gasteiger charge is 2.03. The Morgan fingerprint density at radius 2 is 1.67 bits per heavy atom. The molecule has 3 nitrogen and oxygen atoms in total. The maximum absolute atomic E-state index is 3.22. The molecular weight excluding hydrogens is 186 g/mol. The first-order valence-electron chi connectivity index (χ1n) is 6.22. The summed E-state index contributed by atoms with van der Waals surface area (Å²) >= 11 is 0. The van der Waals surface area contributed by atoms with Crippen LogP contribution in [0.1, 0.15) is 26.2 Å². The summed E-state index contributed by atoms with van der Waals surface area (Å²) in [6.07, 6.45) is 4.01. The number of nitrogens with one attached hydrogen (secondary N) is 1. The first-order chi connectivity index (χ1) is 7.20. The molecule has 0 aromatic heterocycles. The normalized spacial score (nSPS) is 11.6. The molecule has 0 aromatic carbocycles. The van der Waals surface area contributed by atoms with Crippen LogP contribution in [-0.4, -0.2) is 63.7 Å². The molecule has 1 N–H and O–H groups in total. The molecule has 0 spiro atoms. The van der Waals surface area contributed by atoms with Crippen molar-refractivity contribution in [3.8, 4) is 0 Å². The second kappa shape index (κ2) is 10.4. The number of rotatable bonds is 10. The largest absolute Gasteiger partial charge is 0.318 e. The van der Waals surface area contributed by atoms with Gasteiger partial charge in [-0.25, -0.2) is 0 Å². The Hall–Kier alpha value is -0.120. The van der Waals surface area contributed by atoms with Crippen LogP contribution in [-0.2, 0) is 0 Å². The summed E-state index contributed by atoms with van der Waals surface area (Å²) in [5.41, 5.74) is 0. The van der Waals surface area contributed by atoms with E-state index in [2.05, 4.69) is 36.1 Å². The second-order valence-corrected chi connectivity index (χ2v) is 4.46. The third-order valence-corrected chi connectivity index (χ3v) is 2.62. The monoisotopic (exact) mass is 215 g/mol. The van der Waals surface area contributed by atoms with Crippen LogP contribution in [0.25, 0.3) is 0 Å². The molecule has 0 bridgehead atoms. The van der Waals surface area contributed by atoms with Gasteiger partial charge in [-0.05, 0) is 34.1 Å². The topological polar surface area (TPSA) is 18.5 Å². The molecule has 0 atom stereocenters. The molecule has 0 aliphatic carbocycles. The lowest BCUT2D eigenvalue weighted by Crippen LogP contribution is -2.36. The number of hydrogen-bond acceptors (Lipinski definition) is 3. The Bertz CT molecular complexity index is 126. The minimum atomic E-state index is 1.10. The van der Waals surface area contributed by atoms with E-state index in [0.29, 0.717) is 0 Å². The maximum atomic E-state index is 3.22. The molecule has 0 fully saturated rings. The van der Waals surface area contributed by atoms with Crippen molar-refractivity contribution >= 4 is 0 Å². The molecule has 92 valence electrons. The van der Waals surface area contributed by atoms with Crippen LogP contribution in [0, 0.1) is 0 Å². The first-order valence-corrected chi connectivity index (χ1v) is 6.22. The van der Waals surface area contributed by atoms with E-state index in [-0.39, 0.29) is 0 Å². The summed E-state index contributed by atoms with van der Waals surface area (Å²) < 4.78 is 0. The van der Waals surface area contributed by atoms with Crippen molar-refractivity contribution in [3.05, 3.63) is 0 Å². The zero-order valence-corrected chi connectivity index (χ0v) is 11.1. The highest BCUT2D eigenvalue weighted by atomic mass is 15.2. The lowest BCUT2D eigenvalue weighted by Gasteiger charge is -2.23. The predicted molar refractivity (Wildman–Crippen MR) is 68.4 cm³/mol. The van der Waals surface area contributed by atoms with Crippen molar-refractivity contribution < 1.29 is 0 Å². The van der Waals surface area contributed by atoms with Gasteiger partial charge in [0.25, 0.3) is 0 Å². The number of likely N-dealkylation sites (N-methyl/N-ethyl adjacent to an activating group) is 2. The molecule has 0 aliphatic rings. The molecule has 0 amide bonds. The molecule has 0 saturated heterocycles. The van der Waals surface area contributed by atoms with Gasteiger partial charge >= 0.3 is 0 Å². The predicted octanol–water partition coefficient (Wildman–Crippen LogP) is 1.26. The highest BCUT2D eigenvalue weighted by molar-refractivity contribution is 4.61. The fraction of sp³-hybridized carbons (Fsp3) is 1.00. The van der Waals surface area contributed by atoms with Gasteiger partial charge in [-0.3, -0.25) is 0 Å². The summed E-state index contributed by atoms with van der Waals surface area (Å²) in [4.78, 5) is 4.82. The molecular formula is C12H29N3. The van der Waals surface area contributed by atoms with Crippen LogP contribution in [0.2, 0.25) is 0 Å². The Labute approximate surface area is 95.8 Å². The van der Waals surface area contributed by atoms with E-state index in [1.165, 1.54) is 38.9 Å². The Balaban J connectivity index is 3.63. The summed E-state index contributed by atoms with van der Waals surface area (Å²) in [6, 6.07) is 0. The van der Waals surface area contributed by atoms with E-state index in [9.17, 15) is 0 Å². The number of nitrogens with zero attached hydrogens (tertiary/aromatic N) is 2. The van der Waals surface area contributed by atoms with E-state index < -0.39 is 0 Å². The van der Waals surface area contributed by atoms with Gasteiger partial charge in [0.2, 0.25) is 0 Å². The van der Waals surface area contributed by atoms with Gasteiger partial charge in [-0.2, -0.15) is 0 Å². The SMILES string of the molecule is CCCCCN(CCNC)CCN(C)C. The fourth-order valence-electron chi connectivity index (χ4n) is 1.53. The summed E-state index contributed by atoms with van der Waals surface area (Å²) in [6.45, 7) is 8.14. The quantitative estimate of drug-likeness (QED) is 0.554. The van der Waals surface area contributed by atoms with Gasteiger partial charge in [0.1, 0.15) is 0 Å². The summed E-state index contributed by atoms with van der Waals surface area (Å²) in [7, 11) is 6.31. The molecule has 0 radical (unpaired) electrons. The molecule has 3 heteroatoms. The zero-order chi connectivity index (χ0) is 11.5. The molecule has 0 unspecified atom stereocenters. The van der Waals surface area contributed by atoms with Crippen molar-refractivity contribution in [1.29, 1.82) is 0 Å². The molecule has 0 rings (SSSR count). The fourth-order valence-corrected chi connectivity index (χ4v) is 1.53. The van der Waals surface area contributed by atoms with E-state index in [0.717, 1.165) is 13.1 Å². The maximum Gasteiger partial charge on any atom is 0.0110 e. The minimum Gasteiger partial charge on any atom is -0.318 e. The van der Waals surface area contributed by atoms with Crippen molar-refractivity contribution in [1.82, 2.24) is 15.1 Å². The van der Waals surface area contributed by atoms with Crippen molar-refractivity contribution in [3.63, 3.8) is 0 Å². The third-order valence-electron chi connectivity index (χ3n) is 2.62. The lowest BCUT2D eigenvalue weighted by atomic mass is 10.2. The lowest BCUT2D eigenvalue weighted by molar-refractivity contribution is 0.238. The van der Waals surface area contributed by atoms with Crippen LogP contribution in [0.15, 0.2) is 0 Å². The van der Waals surface area contributed by atoms with Gasteiger partial charge in [-0.1, -0.05) is 19.8 Å². The van der Waals surface area contributed by atoms with Gasteiger partial charge < -0.3 is 15.1 Å². The van der Waals surface area contributed by atoms with Crippen molar-refractivity contribution in [2.45, 2.75) is 26.2 Å². The molecule has 15 heavy (non-hydrogen) atoms. The van der Waals surface area contributed by atoms with Gasteiger partial charge in [-0.15, -0.1) is 0 Å². The van der Waals surface area contributed by atoms with Crippen LogP contribution in [0.4, 0.5) is 0 Å². The average molecular weight is 215 g/mol. The third kappa shape index (κ3) is 10.2. The van der Waals surface area contributed by atoms with Crippen LogP contribution in [0.3, 0.4) is 0 Å². The minimum absolute atomic E-state index is 1.10. The van der Waals surface area contributed by atoms with E-state index in [4.69, 9.17) is 0 Å². The summed E-state index contributed by atoms with van der Waals surface area (Å²) in [5.74, 6) is 0.